The fraction of sp³-hybridized carbons (Fsp3) is 0.200. The molecule has 0 heterocycles. The first-order chi connectivity index (χ1) is 8.16. The Kier molecular flexibility index (Phi) is 3.97. The number of rotatable bonds is 3. The van der Waals surface area contributed by atoms with Crippen molar-refractivity contribution in [2.24, 2.45) is 5.73 Å². The normalized spacial score (nSPS) is 12.4. The van der Waals surface area contributed by atoms with Gasteiger partial charge in [0, 0.05) is 10.5 Å². The van der Waals surface area contributed by atoms with E-state index < -0.39 is 0 Å². The SMILES string of the molecule is Cc1cccc(CC(N)c2ccccc2Br)c1. The van der Waals surface area contributed by atoms with Crippen LogP contribution in [0.15, 0.2) is 53.0 Å². The van der Waals surface area contributed by atoms with Crippen LogP contribution in [0.5, 0.6) is 0 Å². The van der Waals surface area contributed by atoms with E-state index >= 15 is 0 Å². The lowest BCUT2D eigenvalue weighted by atomic mass is 9.99. The zero-order chi connectivity index (χ0) is 12.3. The predicted octanol–water partition coefficient (Wildman–Crippen LogP) is 4.00. The lowest BCUT2D eigenvalue weighted by molar-refractivity contribution is 0.718. The molecule has 17 heavy (non-hydrogen) atoms. The maximum Gasteiger partial charge on any atom is 0.0347 e. The summed E-state index contributed by atoms with van der Waals surface area (Å²) < 4.78 is 1.08. The molecule has 88 valence electrons. The highest BCUT2D eigenvalue weighted by Gasteiger charge is 2.09. The van der Waals surface area contributed by atoms with E-state index in [1.807, 2.05) is 18.2 Å². The lowest BCUT2D eigenvalue weighted by Gasteiger charge is -2.14. The van der Waals surface area contributed by atoms with Gasteiger partial charge >= 0.3 is 0 Å². The fourth-order valence-corrected chi connectivity index (χ4v) is 2.56. The quantitative estimate of drug-likeness (QED) is 0.908. The molecule has 0 spiro atoms. The summed E-state index contributed by atoms with van der Waals surface area (Å²) in [6, 6.07) is 16.7. The van der Waals surface area contributed by atoms with Crippen LogP contribution in [0.3, 0.4) is 0 Å². The molecule has 0 radical (unpaired) electrons. The number of aryl methyl sites for hydroxylation is 1. The van der Waals surface area contributed by atoms with E-state index in [-0.39, 0.29) is 6.04 Å². The van der Waals surface area contributed by atoms with Gasteiger partial charge in [0.2, 0.25) is 0 Å². The third kappa shape index (κ3) is 3.18. The Morgan fingerprint density at radius 3 is 2.59 bits per heavy atom. The number of hydrogen-bond donors (Lipinski definition) is 1. The van der Waals surface area contributed by atoms with Gasteiger partial charge in [-0.05, 0) is 30.5 Å². The first kappa shape index (κ1) is 12.3. The van der Waals surface area contributed by atoms with Crippen LogP contribution in [0.1, 0.15) is 22.7 Å². The van der Waals surface area contributed by atoms with E-state index in [4.69, 9.17) is 5.73 Å². The molecule has 2 heteroatoms. The van der Waals surface area contributed by atoms with Gasteiger partial charge in [0.25, 0.3) is 0 Å². The van der Waals surface area contributed by atoms with Crippen molar-refractivity contribution in [1.82, 2.24) is 0 Å². The van der Waals surface area contributed by atoms with Gasteiger partial charge in [0.05, 0.1) is 0 Å². The molecule has 0 aliphatic heterocycles. The van der Waals surface area contributed by atoms with Gasteiger partial charge in [0.1, 0.15) is 0 Å². The lowest BCUT2D eigenvalue weighted by Crippen LogP contribution is -2.13. The Morgan fingerprint density at radius 2 is 1.88 bits per heavy atom. The molecule has 2 aromatic rings. The van der Waals surface area contributed by atoms with E-state index in [0.29, 0.717) is 0 Å². The minimum atomic E-state index is 0.0346. The smallest absolute Gasteiger partial charge is 0.0347 e. The van der Waals surface area contributed by atoms with Crippen molar-refractivity contribution < 1.29 is 0 Å². The molecule has 0 fully saturated rings. The Hall–Kier alpha value is -1.12. The van der Waals surface area contributed by atoms with E-state index in [2.05, 4.69) is 53.2 Å². The van der Waals surface area contributed by atoms with Gasteiger partial charge in [0.15, 0.2) is 0 Å². The summed E-state index contributed by atoms with van der Waals surface area (Å²) in [5.41, 5.74) is 9.97. The summed E-state index contributed by atoms with van der Waals surface area (Å²) in [4.78, 5) is 0. The predicted molar refractivity (Wildman–Crippen MR) is 76.0 cm³/mol. The van der Waals surface area contributed by atoms with Crippen molar-refractivity contribution in [2.45, 2.75) is 19.4 Å². The van der Waals surface area contributed by atoms with Gasteiger partial charge in [-0.1, -0.05) is 64.0 Å². The Morgan fingerprint density at radius 1 is 1.12 bits per heavy atom. The highest BCUT2D eigenvalue weighted by atomic mass is 79.9. The molecule has 0 amide bonds. The second-order valence-electron chi connectivity index (χ2n) is 4.32. The maximum absolute atomic E-state index is 6.25. The van der Waals surface area contributed by atoms with E-state index in [1.54, 1.807) is 0 Å². The van der Waals surface area contributed by atoms with Crippen LogP contribution >= 0.6 is 15.9 Å². The molecule has 2 rings (SSSR count). The standard InChI is InChI=1S/C15H16BrN/c1-11-5-4-6-12(9-11)10-15(17)13-7-2-3-8-14(13)16/h2-9,15H,10,17H2,1H3. The molecule has 0 saturated heterocycles. The Labute approximate surface area is 111 Å². The Bertz CT molecular complexity index is 508. The molecule has 0 aliphatic rings. The average Bonchev–Trinajstić information content (AvgIpc) is 2.29. The topological polar surface area (TPSA) is 26.0 Å². The zero-order valence-electron chi connectivity index (χ0n) is 9.86. The number of hydrogen-bond acceptors (Lipinski definition) is 1. The third-order valence-corrected chi connectivity index (χ3v) is 3.56. The highest BCUT2D eigenvalue weighted by molar-refractivity contribution is 9.10. The molecule has 1 atom stereocenters. The molecular weight excluding hydrogens is 274 g/mol. The molecule has 1 nitrogen and oxygen atoms in total. The fourth-order valence-electron chi connectivity index (χ4n) is 1.98. The van der Waals surface area contributed by atoms with Crippen LogP contribution in [0.2, 0.25) is 0 Å². The summed E-state index contributed by atoms with van der Waals surface area (Å²) in [7, 11) is 0. The first-order valence-electron chi connectivity index (χ1n) is 5.72. The van der Waals surface area contributed by atoms with Crippen molar-refractivity contribution in [1.29, 1.82) is 0 Å². The maximum atomic E-state index is 6.25. The molecule has 0 aromatic heterocycles. The molecule has 2 N–H and O–H groups in total. The van der Waals surface area contributed by atoms with Gasteiger partial charge in [-0.2, -0.15) is 0 Å². The summed E-state index contributed by atoms with van der Waals surface area (Å²) >= 11 is 3.54. The Balaban J connectivity index is 2.17. The second kappa shape index (κ2) is 5.48. The van der Waals surface area contributed by atoms with Crippen LogP contribution in [0.25, 0.3) is 0 Å². The molecule has 2 aromatic carbocycles. The summed E-state index contributed by atoms with van der Waals surface area (Å²) in [5, 5.41) is 0. The van der Waals surface area contributed by atoms with Gasteiger partial charge < -0.3 is 5.73 Å². The van der Waals surface area contributed by atoms with Gasteiger partial charge in [-0.3, -0.25) is 0 Å². The van der Waals surface area contributed by atoms with E-state index in [9.17, 15) is 0 Å². The highest BCUT2D eigenvalue weighted by Crippen LogP contribution is 2.24. The van der Waals surface area contributed by atoms with Crippen LogP contribution < -0.4 is 5.73 Å². The van der Waals surface area contributed by atoms with Crippen LogP contribution in [0.4, 0.5) is 0 Å². The number of nitrogens with two attached hydrogens (primary N) is 1. The van der Waals surface area contributed by atoms with Crippen LogP contribution in [-0.2, 0) is 6.42 Å². The first-order valence-corrected chi connectivity index (χ1v) is 6.51. The second-order valence-corrected chi connectivity index (χ2v) is 5.18. The molecule has 1 unspecified atom stereocenters. The summed E-state index contributed by atoms with van der Waals surface area (Å²) in [6.07, 6.45) is 0.865. The molecular formula is C15H16BrN. The van der Waals surface area contributed by atoms with Gasteiger partial charge in [-0.25, -0.2) is 0 Å². The van der Waals surface area contributed by atoms with Crippen LogP contribution in [0, 0.1) is 6.92 Å². The van der Waals surface area contributed by atoms with Crippen molar-refractivity contribution in [3.05, 3.63) is 69.7 Å². The van der Waals surface area contributed by atoms with E-state index in [1.165, 1.54) is 11.1 Å². The largest absolute Gasteiger partial charge is 0.324 e. The van der Waals surface area contributed by atoms with Crippen molar-refractivity contribution >= 4 is 15.9 Å². The molecule has 0 bridgehead atoms. The number of benzene rings is 2. The van der Waals surface area contributed by atoms with Crippen molar-refractivity contribution in [3.8, 4) is 0 Å². The minimum absolute atomic E-state index is 0.0346. The zero-order valence-corrected chi connectivity index (χ0v) is 11.4. The number of halogens is 1. The summed E-state index contributed by atoms with van der Waals surface area (Å²) in [5.74, 6) is 0. The minimum Gasteiger partial charge on any atom is -0.324 e. The third-order valence-electron chi connectivity index (χ3n) is 2.84. The van der Waals surface area contributed by atoms with Gasteiger partial charge in [-0.15, -0.1) is 0 Å². The summed E-state index contributed by atoms with van der Waals surface area (Å²) in [6.45, 7) is 2.10. The average molecular weight is 290 g/mol. The van der Waals surface area contributed by atoms with Crippen molar-refractivity contribution in [2.75, 3.05) is 0 Å². The molecule has 0 saturated carbocycles. The van der Waals surface area contributed by atoms with E-state index in [0.717, 1.165) is 16.5 Å². The monoisotopic (exact) mass is 289 g/mol. The van der Waals surface area contributed by atoms with Crippen molar-refractivity contribution in [3.63, 3.8) is 0 Å². The molecule has 0 aliphatic carbocycles. The van der Waals surface area contributed by atoms with Crippen LogP contribution in [-0.4, -0.2) is 0 Å².